The lowest BCUT2D eigenvalue weighted by molar-refractivity contribution is -0.127. The van der Waals surface area contributed by atoms with Gasteiger partial charge in [0, 0.05) is 12.1 Å². The lowest BCUT2D eigenvalue weighted by Crippen LogP contribution is -2.43. The first-order valence-electron chi connectivity index (χ1n) is 7.81. The van der Waals surface area contributed by atoms with Crippen LogP contribution in [0.5, 0.6) is 0 Å². The van der Waals surface area contributed by atoms with Crippen molar-refractivity contribution >= 4 is 11.8 Å². The van der Waals surface area contributed by atoms with Crippen LogP contribution >= 0.6 is 0 Å². The summed E-state index contributed by atoms with van der Waals surface area (Å²) in [5.41, 5.74) is 4.57. The summed E-state index contributed by atoms with van der Waals surface area (Å²) in [5.74, 6) is -1.73. The number of amides is 2. The van der Waals surface area contributed by atoms with E-state index in [1.165, 1.54) is 6.07 Å². The Kier molecular flexibility index (Phi) is 3.63. The highest BCUT2D eigenvalue weighted by molar-refractivity contribution is 6.07. The van der Waals surface area contributed by atoms with E-state index in [0.717, 1.165) is 5.56 Å². The molecule has 2 aliphatic heterocycles. The number of rotatable bonds is 3. The first kappa shape index (κ1) is 15.0. The van der Waals surface area contributed by atoms with Crippen LogP contribution in [0.15, 0.2) is 54.6 Å². The summed E-state index contributed by atoms with van der Waals surface area (Å²) < 4.78 is 14.2. The molecule has 122 valence electrons. The fraction of sp³-hybridized carbons (Fsp3) is 0.222. The molecular weight excluding hydrogens is 309 g/mol. The molecule has 2 amide bonds. The Morgan fingerprint density at radius 1 is 0.958 bits per heavy atom. The molecule has 5 nitrogen and oxygen atoms in total. The summed E-state index contributed by atoms with van der Waals surface area (Å²) in [7, 11) is 0. The van der Waals surface area contributed by atoms with Gasteiger partial charge in [-0.3, -0.25) is 14.9 Å². The number of hydrogen-bond donors (Lipinski definition) is 2. The van der Waals surface area contributed by atoms with Gasteiger partial charge in [0.1, 0.15) is 11.9 Å². The minimum absolute atomic E-state index is 0.340. The van der Waals surface area contributed by atoms with E-state index in [9.17, 15) is 14.0 Å². The topological polar surface area (TPSA) is 61.4 Å². The summed E-state index contributed by atoms with van der Waals surface area (Å²) in [6.45, 7) is 0.452. The molecule has 2 fully saturated rings. The number of fused-ring (bicyclic) bond motifs is 1. The molecule has 0 bridgehead atoms. The quantitative estimate of drug-likeness (QED) is 0.840. The minimum atomic E-state index is -0.641. The number of carbonyl (C=O) groups is 2. The van der Waals surface area contributed by atoms with Gasteiger partial charge in [-0.15, -0.1) is 0 Å². The van der Waals surface area contributed by atoms with Crippen LogP contribution in [-0.2, 0) is 16.1 Å². The first-order valence-corrected chi connectivity index (χ1v) is 7.81. The van der Waals surface area contributed by atoms with Crippen molar-refractivity contribution in [1.29, 1.82) is 0 Å². The number of benzene rings is 2. The minimum Gasteiger partial charge on any atom is -0.295 e. The van der Waals surface area contributed by atoms with Crippen molar-refractivity contribution in [2.24, 2.45) is 5.92 Å². The number of nitrogens with one attached hydrogen (secondary N) is 2. The van der Waals surface area contributed by atoms with Gasteiger partial charge in [0.2, 0.25) is 11.8 Å². The van der Waals surface area contributed by atoms with Gasteiger partial charge in [-0.2, -0.15) is 0 Å². The van der Waals surface area contributed by atoms with E-state index in [1.807, 2.05) is 30.3 Å². The number of carbonyl (C=O) groups excluding carboxylic acids is 2. The molecule has 0 aliphatic carbocycles. The molecule has 2 N–H and O–H groups in total. The number of hydrazine groups is 1. The van der Waals surface area contributed by atoms with E-state index >= 15 is 0 Å². The zero-order valence-electron chi connectivity index (χ0n) is 12.8. The van der Waals surface area contributed by atoms with Gasteiger partial charge in [0.25, 0.3) is 0 Å². The SMILES string of the molecule is O=C1NC(=O)[C@H]2[C@H]1[C@H](c1ccccc1F)NN2Cc1ccccc1. The van der Waals surface area contributed by atoms with Crippen LogP contribution in [0.1, 0.15) is 17.2 Å². The Balaban J connectivity index is 1.69. The average Bonchev–Trinajstić information content (AvgIpc) is 3.09. The molecule has 24 heavy (non-hydrogen) atoms. The molecule has 4 rings (SSSR count). The van der Waals surface area contributed by atoms with Crippen molar-refractivity contribution in [1.82, 2.24) is 15.8 Å². The second-order valence-corrected chi connectivity index (χ2v) is 6.07. The molecule has 2 aliphatic rings. The highest BCUT2D eigenvalue weighted by atomic mass is 19.1. The molecule has 3 atom stereocenters. The molecule has 0 unspecified atom stereocenters. The number of halogens is 1. The van der Waals surface area contributed by atoms with E-state index in [-0.39, 0.29) is 17.6 Å². The van der Waals surface area contributed by atoms with Crippen molar-refractivity contribution in [3.05, 3.63) is 71.5 Å². The van der Waals surface area contributed by atoms with E-state index in [2.05, 4.69) is 10.7 Å². The van der Waals surface area contributed by atoms with Crippen LogP contribution in [0.2, 0.25) is 0 Å². The van der Waals surface area contributed by atoms with E-state index in [1.54, 1.807) is 23.2 Å². The fourth-order valence-corrected chi connectivity index (χ4v) is 3.51. The van der Waals surface area contributed by atoms with Crippen LogP contribution in [0.4, 0.5) is 4.39 Å². The monoisotopic (exact) mass is 325 g/mol. The van der Waals surface area contributed by atoms with E-state index in [4.69, 9.17) is 0 Å². The van der Waals surface area contributed by atoms with Crippen molar-refractivity contribution < 1.29 is 14.0 Å². The third kappa shape index (κ3) is 2.40. The second kappa shape index (κ2) is 5.81. The van der Waals surface area contributed by atoms with Crippen LogP contribution in [-0.4, -0.2) is 22.9 Å². The molecule has 6 heteroatoms. The van der Waals surface area contributed by atoms with E-state index < -0.39 is 18.0 Å². The van der Waals surface area contributed by atoms with Crippen molar-refractivity contribution in [3.8, 4) is 0 Å². The van der Waals surface area contributed by atoms with Crippen LogP contribution in [0.3, 0.4) is 0 Å². The summed E-state index contributed by atoms with van der Waals surface area (Å²) in [6, 6.07) is 14.8. The van der Waals surface area contributed by atoms with Crippen molar-refractivity contribution in [2.45, 2.75) is 18.6 Å². The Morgan fingerprint density at radius 3 is 2.42 bits per heavy atom. The molecule has 0 saturated carbocycles. The Bertz CT molecular complexity index is 796. The zero-order valence-corrected chi connectivity index (χ0v) is 12.8. The third-order valence-electron chi connectivity index (χ3n) is 4.59. The Morgan fingerprint density at radius 2 is 1.67 bits per heavy atom. The summed E-state index contributed by atoms with van der Waals surface area (Å²) in [4.78, 5) is 24.5. The third-order valence-corrected chi connectivity index (χ3v) is 4.59. The fourth-order valence-electron chi connectivity index (χ4n) is 3.51. The summed E-state index contributed by atoms with van der Waals surface area (Å²) in [5, 5.41) is 4.11. The molecule has 2 saturated heterocycles. The normalized spacial score (nSPS) is 26.5. The van der Waals surface area contributed by atoms with Crippen molar-refractivity contribution in [2.75, 3.05) is 0 Å². The maximum absolute atomic E-state index is 14.2. The number of nitrogens with zero attached hydrogens (tertiary/aromatic N) is 1. The largest absolute Gasteiger partial charge is 0.295 e. The molecular formula is C18H16FN3O2. The molecule has 0 radical (unpaired) electrons. The van der Waals surface area contributed by atoms with Gasteiger partial charge in [0.05, 0.1) is 12.0 Å². The van der Waals surface area contributed by atoms with Crippen LogP contribution < -0.4 is 10.7 Å². The Labute approximate surface area is 138 Å². The Hall–Kier alpha value is -2.57. The van der Waals surface area contributed by atoms with Gasteiger partial charge < -0.3 is 0 Å². The van der Waals surface area contributed by atoms with Gasteiger partial charge in [-0.1, -0.05) is 48.5 Å². The predicted molar refractivity (Wildman–Crippen MR) is 84.7 cm³/mol. The highest BCUT2D eigenvalue weighted by Crippen LogP contribution is 2.38. The highest BCUT2D eigenvalue weighted by Gasteiger charge is 2.55. The predicted octanol–water partition coefficient (Wildman–Crippen LogP) is 1.53. The van der Waals surface area contributed by atoms with Gasteiger partial charge in [-0.05, 0) is 11.6 Å². The first-order chi connectivity index (χ1) is 11.6. The van der Waals surface area contributed by atoms with Gasteiger partial charge >= 0.3 is 0 Å². The number of imide groups is 1. The maximum Gasteiger partial charge on any atom is 0.246 e. The molecule has 2 aromatic carbocycles. The molecule has 2 aromatic rings. The maximum atomic E-state index is 14.2. The van der Waals surface area contributed by atoms with Crippen LogP contribution in [0, 0.1) is 11.7 Å². The van der Waals surface area contributed by atoms with Gasteiger partial charge in [-0.25, -0.2) is 14.8 Å². The molecule has 2 heterocycles. The molecule has 0 spiro atoms. The zero-order chi connectivity index (χ0) is 16.7. The smallest absolute Gasteiger partial charge is 0.246 e. The van der Waals surface area contributed by atoms with Crippen molar-refractivity contribution in [3.63, 3.8) is 0 Å². The lowest BCUT2D eigenvalue weighted by atomic mass is 9.90. The molecule has 0 aromatic heterocycles. The van der Waals surface area contributed by atoms with E-state index in [0.29, 0.717) is 12.1 Å². The standard InChI is InChI=1S/C18H16FN3O2/c19-13-9-5-4-8-12(13)15-14-16(18(24)20-17(14)23)22(21-15)10-11-6-2-1-3-7-11/h1-9,14-16,21H,10H2,(H,20,23,24)/t14-,15+,16-/m1/s1. The van der Waals surface area contributed by atoms with Gasteiger partial charge in [0.15, 0.2) is 0 Å². The average molecular weight is 325 g/mol. The second-order valence-electron chi connectivity index (χ2n) is 6.07. The lowest BCUT2D eigenvalue weighted by Gasteiger charge is -2.22. The summed E-state index contributed by atoms with van der Waals surface area (Å²) >= 11 is 0. The number of hydrogen-bond acceptors (Lipinski definition) is 4. The summed E-state index contributed by atoms with van der Waals surface area (Å²) in [6.07, 6.45) is 0. The van der Waals surface area contributed by atoms with Crippen LogP contribution in [0.25, 0.3) is 0 Å².